The van der Waals surface area contributed by atoms with Crippen LogP contribution in [0.3, 0.4) is 0 Å². The molecule has 2 rings (SSSR count). The molecule has 1 aliphatic heterocycles. The molecular weight excluding hydrogens is 354 g/mol. The number of aromatic nitrogens is 3. The lowest BCUT2D eigenvalue weighted by Crippen LogP contribution is -2.48. The van der Waals surface area contributed by atoms with Crippen LogP contribution in [0.15, 0.2) is 4.99 Å². The number of nitrogens with one attached hydrogen (secondary N) is 2. The number of rotatable bonds is 10. The number of ether oxygens (including phenoxy) is 1. The Hall–Kier alpha value is -1.67. The van der Waals surface area contributed by atoms with Crippen molar-refractivity contribution in [3.8, 4) is 0 Å². The molecule has 160 valence electrons. The SMILES string of the molecule is CCNC(=NCC(C(CC)CC)N(C)C)NC1CCc2nc(COC)nn2C1. The van der Waals surface area contributed by atoms with Gasteiger partial charge in [-0.2, -0.15) is 5.10 Å². The summed E-state index contributed by atoms with van der Waals surface area (Å²) in [6, 6.07) is 0.753. The first-order valence-electron chi connectivity index (χ1n) is 10.6. The predicted octanol–water partition coefficient (Wildman–Crippen LogP) is 1.66. The predicted molar refractivity (Wildman–Crippen MR) is 114 cm³/mol. The topological polar surface area (TPSA) is 79.6 Å². The van der Waals surface area contributed by atoms with Crippen molar-refractivity contribution in [2.75, 3.05) is 34.3 Å². The monoisotopic (exact) mass is 393 g/mol. The van der Waals surface area contributed by atoms with E-state index in [1.165, 1.54) is 12.8 Å². The highest BCUT2D eigenvalue weighted by atomic mass is 16.5. The molecule has 2 unspecified atom stereocenters. The molecule has 2 atom stereocenters. The van der Waals surface area contributed by atoms with Crippen LogP contribution in [0.4, 0.5) is 0 Å². The third kappa shape index (κ3) is 6.17. The minimum atomic E-state index is 0.299. The van der Waals surface area contributed by atoms with Crippen molar-refractivity contribution < 1.29 is 4.74 Å². The van der Waals surface area contributed by atoms with Crippen molar-refractivity contribution in [3.05, 3.63) is 11.6 Å². The van der Waals surface area contributed by atoms with Crippen LogP contribution in [0.1, 0.15) is 51.7 Å². The first-order valence-corrected chi connectivity index (χ1v) is 10.6. The number of nitrogens with zero attached hydrogens (tertiary/aromatic N) is 5. The van der Waals surface area contributed by atoms with Crippen molar-refractivity contribution in [1.29, 1.82) is 0 Å². The fraction of sp³-hybridized carbons (Fsp3) is 0.850. The van der Waals surface area contributed by atoms with Crippen LogP contribution >= 0.6 is 0 Å². The van der Waals surface area contributed by atoms with Gasteiger partial charge in [0.05, 0.1) is 13.1 Å². The van der Waals surface area contributed by atoms with Crippen molar-refractivity contribution in [1.82, 2.24) is 30.3 Å². The Bertz CT molecular complexity index is 610. The number of guanidine groups is 1. The Morgan fingerprint density at radius 3 is 2.68 bits per heavy atom. The lowest BCUT2D eigenvalue weighted by atomic mass is 9.93. The molecule has 2 N–H and O–H groups in total. The van der Waals surface area contributed by atoms with Gasteiger partial charge in [-0.1, -0.05) is 26.7 Å². The summed E-state index contributed by atoms with van der Waals surface area (Å²) in [5.74, 6) is 3.37. The maximum atomic E-state index is 5.15. The van der Waals surface area contributed by atoms with E-state index >= 15 is 0 Å². The van der Waals surface area contributed by atoms with E-state index < -0.39 is 0 Å². The molecular formula is C20H39N7O. The summed E-state index contributed by atoms with van der Waals surface area (Å²) in [7, 11) is 5.99. The van der Waals surface area contributed by atoms with Crippen LogP contribution in [0.2, 0.25) is 0 Å². The number of fused-ring (bicyclic) bond motifs is 1. The van der Waals surface area contributed by atoms with Crippen molar-refractivity contribution >= 4 is 5.96 Å². The first-order chi connectivity index (χ1) is 13.5. The van der Waals surface area contributed by atoms with Crippen LogP contribution < -0.4 is 10.6 Å². The molecule has 0 aromatic carbocycles. The van der Waals surface area contributed by atoms with Crippen LogP contribution in [-0.2, 0) is 24.3 Å². The molecule has 1 aromatic heterocycles. The molecule has 1 aromatic rings. The number of hydrogen-bond acceptors (Lipinski definition) is 5. The van der Waals surface area contributed by atoms with E-state index in [1.807, 2.05) is 4.68 Å². The highest BCUT2D eigenvalue weighted by Gasteiger charge is 2.23. The van der Waals surface area contributed by atoms with Gasteiger partial charge in [0.15, 0.2) is 11.8 Å². The van der Waals surface area contributed by atoms with Gasteiger partial charge in [0, 0.05) is 32.2 Å². The molecule has 0 aliphatic carbocycles. The lowest BCUT2D eigenvalue weighted by molar-refractivity contribution is 0.177. The molecule has 8 heteroatoms. The first kappa shape index (κ1) is 22.6. The molecule has 0 bridgehead atoms. The average Bonchev–Trinajstić information content (AvgIpc) is 3.06. The normalized spacial score (nSPS) is 18.4. The summed E-state index contributed by atoms with van der Waals surface area (Å²) in [6.07, 6.45) is 4.31. The molecule has 0 amide bonds. The fourth-order valence-electron chi connectivity index (χ4n) is 3.93. The van der Waals surface area contributed by atoms with Crippen LogP contribution in [0.5, 0.6) is 0 Å². The zero-order chi connectivity index (χ0) is 20.5. The Morgan fingerprint density at radius 2 is 2.07 bits per heavy atom. The Labute approximate surface area is 170 Å². The van der Waals surface area contributed by atoms with Gasteiger partial charge in [0.2, 0.25) is 0 Å². The van der Waals surface area contributed by atoms with Gasteiger partial charge in [-0.25, -0.2) is 9.67 Å². The van der Waals surface area contributed by atoms with Gasteiger partial charge in [0.1, 0.15) is 12.4 Å². The maximum absolute atomic E-state index is 5.15. The van der Waals surface area contributed by atoms with E-state index in [9.17, 15) is 0 Å². The molecule has 0 saturated heterocycles. The number of aliphatic imine (C=N–C) groups is 1. The third-order valence-corrected chi connectivity index (χ3v) is 5.55. The van der Waals surface area contributed by atoms with Crippen LogP contribution in [0.25, 0.3) is 0 Å². The summed E-state index contributed by atoms with van der Waals surface area (Å²) in [5.41, 5.74) is 0. The van der Waals surface area contributed by atoms with E-state index in [0.717, 1.165) is 50.1 Å². The van der Waals surface area contributed by atoms with Gasteiger partial charge in [-0.15, -0.1) is 0 Å². The molecule has 1 aliphatic rings. The third-order valence-electron chi connectivity index (χ3n) is 5.55. The smallest absolute Gasteiger partial charge is 0.191 e. The van der Waals surface area contributed by atoms with Crippen molar-refractivity contribution in [3.63, 3.8) is 0 Å². The molecule has 28 heavy (non-hydrogen) atoms. The van der Waals surface area contributed by atoms with Crippen LogP contribution in [0, 0.1) is 5.92 Å². The zero-order valence-electron chi connectivity index (χ0n) is 18.5. The summed E-state index contributed by atoms with van der Waals surface area (Å²) in [5, 5.41) is 11.6. The Morgan fingerprint density at radius 1 is 1.32 bits per heavy atom. The molecule has 0 spiro atoms. The fourth-order valence-corrected chi connectivity index (χ4v) is 3.93. The van der Waals surface area contributed by atoms with E-state index in [2.05, 4.69) is 60.5 Å². The second-order valence-electron chi connectivity index (χ2n) is 7.77. The largest absolute Gasteiger partial charge is 0.377 e. The maximum Gasteiger partial charge on any atom is 0.191 e. The summed E-state index contributed by atoms with van der Waals surface area (Å²) < 4.78 is 7.16. The van der Waals surface area contributed by atoms with Gasteiger partial charge in [-0.3, -0.25) is 4.99 Å². The minimum absolute atomic E-state index is 0.299. The van der Waals surface area contributed by atoms with E-state index in [1.54, 1.807) is 7.11 Å². The summed E-state index contributed by atoms with van der Waals surface area (Å²) in [4.78, 5) is 11.8. The van der Waals surface area contributed by atoms with Gasteiger partial charge >= 0.3 is 0 Å². The highest BCUT2D eigenvalue weighted by Crippen LogP contribution is 2.17. The van der Waals surface area contributed by atoms with Gasteiger partial charge in [-0.05, 0) is 33.4 Å². The quantitative estimate of drug-likeness (QED) is 0.465. The number of likely N-dealkylation sites (N-methyl/N-ethyl adjacent to an activating group) is 1. The second-order valence-corrected chi connectivity index (χ2v) is 7.77. The van der Waals surface area contributed by atoms with Crippen molar-refractivity contribution in [2.45, 2.75) is 71.7 Å². The number of aryl methyl sites for hydroxylation is 1. The molecule has 0 radical (unpaired) electrons. The standard InChI is InChI=1S/C20H39N7O/c1-7-15(8-2)17(26(4)5)12-22-20(21-9-3)23-16-10-11-19-24-18(14-28-6)25-27(19)13-16/h15-17H,7-14H2,1-6H3,(H2,21,22,23). The van der Waals surface area contributed by atoms with E-state index in [-0.39, 0.29) is 0 Å². The second kappa shape index (κ2) is 11.4. The summed E-state index contributed by atoms with van der Waals surface area (Å²) >= 11 is 0. The van der Waals surface area contributed by atoms with E-state index in [4.69, 9.17) is 9.73 Å². The van der Waals surface area contributed by atoms with Crippen molar-refractivity contribution in [2.24, 2.45) is 10.9 Å². The minimum Gasteiger partial charge on any atom is -0.377 e. The number of hydrogen-bond donors (Lipinski definition) is 2. The van der Waals surface area contributed by atoms with Gasteiger partial charge in [0.25, 0.3) is 0 Å². The van der Waals surface area contributed by atoms with Gasteiger partial charge < -0.3 is 20.3 Å². The molecule has 0 fully saturated rings. The average molecular weight is 394 g/mol. The zero-order valence-corrected chi connectivity index (χ0v) is 18.5. The lowest BCUT2D eigenvalue weighted by Gasteiger charge is -2.31. The Balaban J connectivity index is 2.02. The van der Waals surface area contributed by atoms with Crippen LogP contribution in [-0.4, -0.2) is 72.0 Å². The highest BCUT2D eigenvalue weighted by molar-refractivity contribution is 5.80. The summed E-state index contributed by atoms with van der Waals surface area (Å²) in [6.45, 7) is 9.57. The molecule has 0 saturated carbocycles. The molecule has 8 nitrogen and oxygen atoms in total. The van der Waals surface area contributed by atoms with E-state index in [0.29, 0.717) is 24.6 Å². The molecule has 2 heterocycles. The number of methoxy groups -OCH3 is 1. The Kier molecular flexibility index (Phi) is 9.18.